The first-order valence-electron chi connectivity index (χ1n) is 5.62. The van der Waals surface area contributed by atoms with Gasteiger partial charge in [0.25, 0.3) is 0 Å². The minimum atomic E-state index is -1.29. The average molecular weight is 211 g/mol. The summed E-state index contributed by atoms with van der Waals surface area (Å²) in [5.41, 5.74) is 4.47. The third-order valence-electron chi connectivity index (χ3n) is 3.08. The van der Waals surface area contributed by atoms with Crippen LogP contribution in [0.4, 0.5) is 4.39 Å². The fraction of sp³-hybridized carbons (Fsp3) is 0.727. The van der Waals surface area contributed by atoms with Crippen LogP contribution in [0.1, 0.15) is 38.4 Å². The number of aryl methyl sites for hydroxylation is 1. The summed E-state index contributed by atoms with van der Waals surface area (Å²) in [7, 11) is 0. The predicted octanol–water partition coefficient (Wildman–Crippen LogP) is 1.97. The molecule has 1 aliphatic carbocycles. The van der Waals surface area contributed by atoms with Crippen LogP contribution in [0.3, 0.4) is 0 Å². The molecule has 1 fully saturated rings. The van der Waals surface area contributed by atoms with Gasteiger partial charge >= 0.3 is 0 Å². The molecule has 0 aliphatic heterocycles. The first-order valence-corrected chi connectivity index (χ1v) is 5.62. The normalized spacial score (nSPS) is 31.0. The molecule has 0 radical (unpaired) electrons. The van der Waals surface area contributed by atoms with Crippen LogP contribution in [-0.2, 0) is 12.2 Å². The quantitative estimate of drug-likeness (QED) is 0.830. The van der Waals surface area contributed by atoms with Crippen LogP contribution in [0.2, 0.25) is 0 Å². The molecule has 2 atom stereocenters. The van der Waals surface area contributed by atoms with Crippen LogP contribution in [0.15, 0.2) is 12.4 Å². The van der Waals surface area contributed by atoms with Crippen molar-refractivity contribution in [1.82, 2.24) is 9.55 Å². The van der Waals surface area contributed by atoms with Gasteiger partial charge in [0.15, 0.2) is 5.67 Å². The molecule has 0 amide bonds. The lowest BCUT2D eigenvalue weighted by Crippen LogP contribution is -2.25. The van der Waals surface area contributed by atoms with Gasteiger partial charge in [0, 0.05) is 31.4 Å². The second kappa shape index (κ2) is 3.93. The zero-order chi connectivity index (χ0) is 10.9. The van der Waals surface area contributed by atoms with Crippen LogP contribution in [0, 0.1) is 0 Å². The number of halogens is 1. The Morgan fingerprint density at radius 3 is 3.13 bits per heavy atom. The van der Waals surface area contributed by atoms with Gasteiger partial charge < -0.3 is 10.3 Å². The Labute approximate surface area is 89.5 Å². The van der Waals surface area contributed by atoms with Gasteiger partial charge in [-0.1, -0.05) is 6.92 Å². The maximum atomic E-state index is 14.5. The first-order chi connectivity index (χ1) is 7.15. The largest absolute Gasteiger partial charge is 0.332 e. The van der Waals surface area contributed by atoms with Crippen molar-refractivity contribution in [2.45, 2.75) is 50.9 Å². The SMILES string of the molecule is CCCn1ccnc1C1(F)CCC(N)C1. The summed E-state index contributed by atoms with van der Waals surface area (Å²) in [4.78, 5) is 4.16. The molecule has 2 N–H and O–H groups in total. The standard InChI is InChI=1S/C11H18FN3/c1-2-6-15-7-5-14-10(15)11(12)4-3-9(13)8-11/h5,7,9H,2-4,6,8,13H2,1H3. The van der Waals surface area contributed by atoms with Gasteiger partial charge in [-0.05, 0) is 19.3 Å². The van der Waals surface area contributed by atoms with Crippen LogP contribution >= 0.6 is 0 Å². The minimum Gasteiger partial charge on any atom is -0.332 e. The number of rotatable bonds is 3. The minimum absolute atomic E-state index is 0.0122. The molecule has 0 aromatic carbocycles. The Balaban J connectivity index is 2.24. The van der Waals surface area contributed by atoms with Crippen molar-refractivity contribution in [1.29, 1.82) is 0 Å². The van der Waals surface area contributed by atoms with Gasteiger partial charge in [0.05, 0.1) is 0 Å². The fourth-order valence-electron chi connectivity index (χ4n) is 2.36. The van der Waals surface area contributed by atoms with Crippen LogP contribution in [-0.4, -0.2) is 15.6 Å². The molecule has 2 unspecified atom stereocenters. The summed E-state index contributed by atoms with van der Waals surface area (Å²) in [6, 6.07) is -0.0122. The average Bonchev–Trinajstić information content (AvgIpc) is 2.75. The molecule has 3 nitrogen and oxygen atoms in total. The van der Waals surface area contributed by atoms with E-state index in [1.54, 1.807) is 6.20 Å². The molecule has 0 bridgehead atoms. The number of nitrogens with zero attached hydrogens (tertiary/aromatic N) is 2. The van der Waals surface area contributed by atoms with Crippen molar-refractivity contribution in [2.24, 2.45) is 5.73 Å². The smallest absolute Gasteiger partial charge is 0.169 e. The Morgan fingerprint density at radius 1 is 1.73 bits per heavy atom. The van der Waals surface area contributed by atoms with E-state index in [4.69, 9.17) is 5.73 Å². The van der Waals surface area contributed by atoms with E-state index in [0.29, 0.717) is 18.7 Å². The van der Waals surface area contributed by atoms with Gasteiger partial charge in [-0.15, -0.1) is 0 Å². The molecule has 1 aromatic heterocycles. The molecule has 1 saturated carbocycles. The molecule has 4 heteroatoms. The van der Waals surface area contributed by atoms with Gasteiger partial charge in [-0.2, -0.15) is 0 Å². The van der Waals surface area contributed by atoms with E-state index in [1.165, 1.54) is 0 Å². The lowest BCUT2D eigenvalue weighted by molar-refractivity contribution is 0.152. The topological polar surface area (TPSA) is 43.8 Å². The Morgan fingerprint density at radius 2 is 2.53 bits per heavy atom. The number of imidazole rings is 1. The fourth-order valence-corrected chi connectivity index (χ4v) is 2.36. The van der Waals surface area contributed by atoms with E-state index in [9.17, 15) is 4.39 Å². The van der Waals surface area contributed by atoms with Gasteiger partial charge in [-0.25, -0.2) is 9.37 Å². The van der Waals surface area contributed by atoms with Crippen molar-refractivity contribution >= 4 is 0 Å². The van der Waals surface area contributed by atoms with E-state index in [-0.39, 0.29) is 6.04 Å². The predicted molar refractivity (Wildman–Crippen MR) is 57.1 cm³/mol. The monoisotopic (exact) mass is 211 g/mol. The summed E-state index contributed by atoms with van der Waals surface area (Å²) in [6.45, 7) is 2.91. The third-order valence-corrected chi connectivity index (χ3v) is 3.08. The van der Waals surface area contributed by atoms with Gasteiger partial charge in [0.1, 0.15) is 5.82 Å². The van der Waals surface area contributed by atoms with E-state index in [1.807, 2.05) is 10.8 Å². The maximum Gasteiger partial charge on any atom is 0.169 e. The highest BCUT2D eigenvalue weighted by molar-refractivity contribution is 5.09. The van der Waals surface area contributed by atoms with Crippen LogP contribution < -0.4 is 5.73 Å². The third kappa shape index (κ3) is 1.91. The molecular formula is C11H18FN3. The van der Waals surface area contributed by atoms with Crippen molar-refractivity contribution in [3.8, 4) is 0 Å². The van der Waals surface area contributed by atoms with Gasteiger partial charge in [0.2, 0.25) is 0 Å². The second-order valence-electron chi connectivity index (χ2n) is 4.41. The summed E-state index contributed by atoms with van der Waals surface area (Å²) in [5, 5.41) is 0. The van der Waals surface area contributed by atoms with E-state index < -0.39 is 5.67 Å². The van der Waals surface area contributed by atoms with E-state index in [0.717, 1.165) is 19.4 Å². The molecule has 0 spiro atoms. The summed E-state index contributed by atoms with van der Waals surface area (Å²) in [6.07, 6.45) is 6.20. The Hall–Kier alpha value is -0.900. The highest BCUT2D eigenvalue weighted by Crippen LogP contribution is 2.40. The summed E-state index contributed by atoms with van der Waals surface area (Å²) >= 11 is 0. The Bertz CT molecular complexity index is 336. The molecular weight excluding hydrogens is 193 g/mol. The zero-order valence-corrected chi connectivity index (χ0v) is 9.12. The number of nitrogens with two attached hydrogens (primary N) is 1. The lowest BCUT2D eigenvalue weighted by atomic mass is 10.0. The van der Waals surface area contributed by atoms with Gasteiger partial charge in [-0.3, -0.25) is 0 Å². The maximum absolute atomic E-state index is 14.5. The number of aromatic nitrogens is 2. The lowest BCUT2D eigenvalue weighted by Gasteiger charge is -2.20. The van der Waals surface area contributed by atoms with Crippen molar-refractivity contribution in [3.05, 3.63) is 18.2 Å². The number of alkyl halides is 1. The highest BCUT2D eigenvalue weighted by Gasteiger charge is 2.42. The zero-order valence-electron chi connectivity index (χ0n) is 9.12. The molecule has 1 aromatic rings. The number of hydrogen-bond donors (Lipinski definition) is 1. The van der Waals surface area contributed by atoms with E-state index in [2.05, 4.69) is 11.9 Å². The molecule has 0 saturated heterocycles. The van der Waals surface area contributed by atoms with E-state index >= 15 is 0 Å². The molecule has 84 valence electrons. The molecule has 2 rings (SSSR count). The second-order valence-corrected chi connectivity index (χ2v) is 4.41. The van der Waals surface area contributed by atoms with Crippen molar-refractivity contribution < 1.29 is 4.39 Å². The summed E-state index contributed by atoms with van der Waals surface area (Å²) < 4.78 is 16.5. The van der Waals surface area contributed by atoms with Crippen LogP contribution in [0.5, 0.6) is 0 Å². The van der Waals surface area contributed by atoms with Crippen molar-refractivity contribution in [3.63, 3.8) is 0 Å². The summed E-state index contributed by atoms with van der Waals surface area (Å²) in [5.74, 6) is 0.567. The van der Waals surface area contributed by atoms with Crippen LogP contribution in [0.25, 0.3) is 0 Å². The molecule has 15 heavy (non-hydrogen) atoms. The van der Waals surface area contributed by atoms with Crippen molar-refractivity contribution in [2.75, 3.05) is 0 Å². The first kappa shape index (κ1) is 10.6. The molecule has 1 heterocycles. The molecule has 1 aliphatic rings. The Kier molecular flexibility index (Phi) is 2.78. The highest BCUT2D eigenvalue weighted by atomic mass is 19.1. The number of hydrogen-bond acceptors (Lipinski definition) is 2.